The van der Waals surface area contributed by atoms with Crippen LogP contribution in [0, 0.1) is 11.6 Å². The predicted molar refractivity (Wildman–Crippen MR) is 104 cm³/mol. The molecule has 2 aromatic rings. The van der Waals surface area contributed by atoms with Crippen LogP contribution in [0.15, 0.2) is 36.4 Å². The number of thiol groups is 1. The number of para-hydroxylation sites is 1. The fourth-order valence-corrected chi connectivity index (χ4v) is 2.61. The fourth-order valence-electron chi connectivity index (χ4n) is 2.36. The van der Waals surface area contributed by atoms with Crippen LogP contribution in [0.1, 0.15) is 26.3 Å². The second-order valence-electron chi connectivity index (χ2n) is 6.85. The molecule has 0 atom stereocenters. The minimum atomic E-state index is -0.680. The highest BCUT2D eigenvalue weighted by molar-refractivity contribution is 7.79. The van der Waals surface area contributed by atoms with Gasteiger partial charge in [0.2, 0.25) is 0 Å². The first kappa shape index (κ1) is 21.0. The minimum absolute atomic E-state index is 0.155. The molecule has 0 saturated carbocycles. The normalized spacial score (nSPS) is 11.2. The van der Waals surface area contributed by atoms with Crippen LogP contribution in [0.3, 0.4) is 0 Å². The lowest BCUT2D eigenvalue weighted by Crippen LogP contribution is -2.34. The lowest BCUT2D eigenvalue weighted by molar-refractivity contribution is 0.0520. The molecule has 0 heterocycles. The van der Waals surface area contributed by atoms with Gasteiger partial charge >= 0.3 is 6.09 Å². The van der Waals surface area contributed by atoms with E-state index < -0.39 is 23.3 Å². The van der Waals surface area contributed by atoms with Gasteiger partial charge in [-0.15, -0.1) is 0 Å². The van der Waals surface area contributed by atoms with Gasteiger partial charge in [0.25, 0.3) is 0 Å². The van der Waals surface area contributed by atoms with E-state index in [1.54, 1.807) is 45.0 Å². The molecule has 7 heteroatoms. The molecule has 0 radical (unpaired) electrons. The number of ether oxygens (including phenoxy) is 2. The van der Waals surface area contributed by atoms with Gasteiger partial charge in [0.1, 0.15) is 29.6 Å². The number of hydrogen-bond donors (Lipinski definition) is 2. The molecular weight excluding hydrogens is 372 g/mol. The number of rotatable bonds is 6. The first-order chi connectivity index (χ1) is 12.7. The monoisotopic (exact) mass is 395 g/mol. The van der Waals surface area contributed by atoms with Crippen LogP contribution in [0.2, 0.25) is 0 Å². The average molecular weight is 395 g/mol. The van der Waals surface area contributed by atoms with Crippen molar-refractivity contribution < 1.29 is 23.0 Å². The third-order valence-electron chi connectivity index (χ3n) is 3.51. The van der Waals surface area contributed by atoms with Gasteiger partial charge in [0, 0.05) is 22.9 Å². The van der Waals surface area contributed by atoms with E-state index in [9.17, 15) is 13.6 Å². The number of halogens is 2. The Balaban J connectivity index is 2.08. The highest BCUT2D eigenvalue weighted by Gasteiger charge is 2.16. The Hall–Kier alpha value is -2.28. The first-order valence-electron chi connectivity index (χ1n) is 8.49. The summed E-state index contributed by atoms with van der Waals surface area (Å²) in [5.74, 6) is -0.728. The summed E-state index contributed by atoms with van der Waals surface area (Å²) in [5.41, 5.74) is 0.449. The van der Waals surface area contributed by atoms with E-state index >= 15 is 0 Å². The number of amides is 1. The van der Waals surface area contributed by atoms with Crippen molar-refractivity contribution in [3.8, 4) is 16.9 Å². The summed E-state index contributed by atoms with van der Waals surface area (Å²) in [6, 6.07) is 9.15. The van der Waals surface area contributed by atoms with E-state index in [2.05, 4.69) is 17.9 Å². The Bertz CT molecular complexity index is 806. The zero-order valence-electron chi connectivity index (χ0n) is 15.5. The number of alkyl carbamates (subject to hydrolysis) is 1. The van der Waals surface area contributed by atoms with Crippen LogP contribution in [-0.2, 0) is 10.5 Å². The molecule has 146 valence electrons. The van der Waals surface area contributed by atoms with Crippen molar-refractivity contribution in [2.24, 2.45) is 0 Å². The summed E-state index contributed by atoms with van der Waals surface area (Å²) in [6.45, 7) is 5.70. The topological polar surface area (TPSA) is 47.6 Å². The Morgan fingerprint density at radius 2 is 1.81 bits per heavy atom. The summed E-state index contributed by atoms with van der Waals surface area (Å²) < 4.78 is 38.8. The molecule has 0 fully saturated rings. The molecule has 27 heavy (non-hydrogen) atoms. The van der Waals surface area contributed by atoms with Gasteiger partial charge in [-0.05, 0) is 38.5 Å². The maximum absolute atomic E-state index is 14.3. The first-order valence-corrected chi connectivity index (χ1v) is 9.12. The second-order valence-corrected chi connectivity index (χ2v) is 7.17. The fraction of sp³-hybridized carbons (Fsp3) is 0.350. The number of benzene rings is 2. The van der Waals surface area contributed by atoms with Crippen LogP contribution in [0.5, 0.6) is 5.75 Å². The van der Waals surface area contributed by atoms with Crippen molar-refractivity contribution in [3.05, 3.63) is 53.6 Å². The number of carbonyl (C=O) groups is 1. The van der Waals surface area contributed by atoms with Gasteiger partial charge in [-0.3, -0.25) is 0 Å². The summed E-state index contributed by atoms with van der Waals surface area (Å²) >= 11 is 4.07. The molecule has 0 saturated heterocycles. The van der Waals surface area contributed by atoms with Crippen LogP contribution in [0.4, 0.5) is 13.6 Å². The Morgan fingerprint density at radius 1 is 1.11 bits per heavy atom. The van der Waals surface area contributed by atoms with Gasteiger partial charge in [0.15, 0.2) is 0 Å². The molecule has 4 nitrogen and oxygen atoms in total. The molecule has 0 unspecified atom stereocenters. The van der Waals surface area contributed by atoms with E-state index in [0.29, 0.717) is 16.9 Å². The summed E-state index contributed by atoms with van der Waals surface area (Å²) in [4.78, 5) is 11.6. The van der Waals surface area contributed by atoms with Crippen molar-refractivity contribution in [1.82, 2.24) is 5.32 Å². The van der Waals surface area contributed by atoms with E-state index in [1.807, 2.05) is 0 Å². The molecule has 0 spiro atoms. The third kappa shape index (κ3) is 6.13. The standard InChI is InChI=1S/C20H23F2NO3S/c1-20(2,3)26-19(24)23-8-9-25-18-7-5-4-6-14(18)15-10-13(12-27)16(21)11-17(15)22/h4-7,10-11,27H,8-9,12H2,1-3H3,(H,23,24). The number of hydrogen-bond acceptors (Lipinski definition) is 4. The molecule has 1 N–H and O–H groups in total. The minimum Gasteiger partial charge on any atom is -0.491 e. The SMILES string of the molecule is CC(C)(C)OC(=O)NCCOc1ccccc1-c1cc(CS)c(F)cc1F. The second kappa shape index (κ2) is 9.08. The third-order valence-corrected chi connectivity index (χ3v) is 3.85. The van der Waals surface area contributed by atoms with Crippen molar-refractivity contribution in [3.63, 3.8) is 0 Å². The summed E-state index contributed by atoms with van der Waals surface area (Å²) in [5, 5.41) is 2.59. The van der Waals surface area contributed by atoms with Crippen molar-refractivity contribution >= 4 is 18.7 Å². The highest BCUT2D eigenvalue weighted by Crippen LogP contribution is 2.33. The highest BCUT2D eigenvalue weighted by atomic mass is 32.1. The van der Waals surface area contributed by atoms with E-state index in [0.717, 1.165) is 6.07 Å². The summed E-state index contributed by atoms with van der Waals surface area (Å²) in [6.07, 6.45) is -0.539. The Morgan fingerprint density at radius 3 is 2.48 bits per heavy atom. The molecule has 1 amide bonds. The van der Waals surface area contributed by atoms with E-state index in [4.69, 9.17) is 9.47 Å². The number of carbonyl (C=O) groups excluding carboxylic acids is 1. The van der Waals surface area contributed by atoms with Crippen LogP contribution in [-0.4, -0.2) is 24.8 Å². The Labute approximate surface area is 163 Å². The predicted octanol–water partition coefficient (Wildman–Crippen LogP) is 4.97. The zero-order chi connectivity index (χ0) is 20.0. The van der Waals surface area contributed by atoms with Gasteiger partial charge < -0.3 is 14.8 Å². The van der Waals surface area contributed by atoms with Gasteiger partial charge in [-0.1, -0.05) is 18.2 Å². The smallest absolute Gasteiger partial charge is 0.407 e. The van der Waals surface area contributed by atoms with Crippen molar-refractivity contribution in [2.45, 2.75) is 32.1 Å². The van der Waals surface area contributed by atoms with Crippen LogP contribution >= 0.6 is 12.6 Å². The lowest BCUT2D eigenvalue weighted by atomic mass is 10.0. The largest absolute Gasteiger partial charge is 0.491 e. The van der Waals surface area contributed by atoms with Crippen molar-refractivity contribution in [1.29, 1.82) is 0 Å². The molecule has 2 aromatic carbocycles. The maximum Gasteiger partial charge on any atom is 0.407 e. The van der Waals surface area contributed by atoms with Gasteiger partial charge in [-0.2, -0.15) is 12.6 Å². The maximum atomic E-state index is 14.3. The zero-order valence-corrected chi connectivity index (χ0v) is 16.4. The van der Waals surface area contributed by atoms with Crippen LogP contribution in [0.25, 0.3) is 11.1 Å². The van der Waals surface area contributed by atoms with Crippen LogP contribution < -0.4 is 10.1 Å². The van der Waals surface area contributed by atoms with E-state index in [1.165, 1.54) is 6.07 Å². The van der Waals surface area contributed by atoms with Gasteiger partial charge in [0.05, 0.1) is 6.54 Å². The number of nitrogens with one attached hydrogen (secondary N) is 1. The lowest BCUT2D eigenvalue weighted by Gasteiger charge is -2.19. The molecule has 0 aliphatic heterocycles. The molecular formula is C20H23F2NO3S. The quantitative estimate of drug-likeness (QED) is 0.537. The molecule has 0 aliphatic rings. The average Bonchev–Trinajstić information content (AvgIpc) is 2.58. The Kier molecular flexibility index (Phi) is 7.07. The molecule has 2 rings (SSSR count). The van der Waals surface area contributed by atoms with Crippen molar-refractivity contribution in [2.75, 3.05) is 13.2 Å². The molecule has 0 aliphatic carbocycles. The molecule has 0 aromatic heterocycles. The van der Waals surface area contributed by atoms with E-state index in [-0.39, 0.29) is 24.5 Å². The summed E-state index contributed by atoms with van der Waals surface area (Å²) in [7, 11) is 0. The molecule has 0 bridgehead atoms. The van der Waals surface area contributed by atoms with Gasteiger partial charge in [-0.25, -0.2) is 13.6 Å².